The number of carboxylic acids is 1. The summed E-state index contributed by atoms with van der Waals surface area (Å²) >= 11 is 5.97. The Labute approximate surface area is 192 Å². The van der Waals surface area contributed by atoms with Gasteiger partial charge in [0.2, 0.25) is 5.95 Å². The van der Waals surface area contributed by atoms with Gasteiger partial charge in [0.15, 0.2) is 0 Å². The zero-order chi connectivity index (χ0) is 23.7. The number of carboxylic acid groups (broad SMARTS) is 1. The number of rotatable bonds is 7. The maximum Gasteiger partial charge on any atom is 0.355 e. The molecule has 11 heteroatoms. The van der Waals surface area contributed by atoms with Crippen molar-refractivity contribution < 1.29 is 9.90 Å². The molecular weight excluding hydrogens is 448 g/mol. The average molecular weight is 469 g/mol. The Morgan fingerprint density at radius 3 is 2.61 bits per heavy atom. The number of aliphatic carboxylic acids is 1. The molecule has 0 fully saturated rings. The highest BCUT2D eigenvalue weighted by molar-refractivity contribution is 6.30. The van der Waals surface area contributed by atoms with E-state index in [-0.39, 0.29) is 12.5 Å². The van der Waals surface area contributed by atoms with Crippen molar-refractivity contribution in [3.05, 3.63) is 80.2 Å². The predicted octanol–water partition coefficient (Wildman–Crippen LogP) is 3.01. The molecular formula is C22H21ClN6O4. The molecule has 0 bridgehead atoms. The van der Waals surface area contributed by atoms with Crippen molar-refractivity contribution in [2.24, 2.45) is 5.92 Å². The molecule has 0 saturated heterocycles. The standard InChI is InChI=1S/C22H21ClN6O4/c1-12(19(30)31)13(2)29-21(32)26-20(25-17-8-5-15-10-24-27-18(15)9-17)28(22(29)33)11-14-3-6-16(23)7-4-14/h3-10,12-13H,11H2,1-2H3,(H,24,27)(H,30,31)(H,25,26,32)/t12-,13+/m1/s1. The van der Waals surface area contributed by atoms with E-state index in [0.29, 0.717) is 10.7 Å². The van der Waals surface area contributed by atoms with Gasteiger partial charge in [-0.1, -0.05) is 23.7 Å². The summed E-state index contributed by atoms with van der Waals surface area (Å²) in [6, 6.07) is 11.4. The minimum atomic E-state index is -1.12. The van der Waals surface area contributed by atoms with Crippen molar-refractivity contribution in [3.8, 4) is 0 Å². The third kappa shape index (κ3) is 4.51. The highest BCUT2D eigenvalue weighted by atomic mass is 35.5. The Kier molecular flexibility index (Phi) is 6.01. The maximum absolute atomic E-state index is 13.4. The van der Waals surface area contributed by atoms with Gasteiger partial charge in [-0.05, 0) is 49.7 Å². The van der Waals surface area contributed by atoms with Crippen LogP contribution in [0.5, 0.6) is 0 Å². The third-order valence-electron chi connectivity index (χ3n) is 5.57. The monoisotopic (exact) mass is 468 g/mol. The molecule has 0 unspecified atom stereocenters. The van der Waals surface area contributed by atoms with Crippen molar-refractivity contribution in [3.63, 3.8) is 0 Å². The van der Waals surface area contributed by atoms with E-state index in [0.717, 1.165) is 21.0 Å². The minimum absolute atomic E-state index is 0.0326. The van der Waals surface area contributed by atoms with Gasteiger partial charge in [0.1, 0.15) is 0 Å². The highest BCUT2D eigenvalue weighted by Crippen LogP contribution is 2.20. The summed E-state index contributed by atoms with van der Waals surface area (Å²) in [7, 11) is 0. The molecule has 0 amide bonds. The van der Waals surface area contributed by atoms with Crippen LogP contribution >= 0.6 is 11.6 Å². The van der Waals surface area contributed by atoms with E-state index < -0.39 is 29.3 Å². The van der Waals surface area contributed by atoms with E-state index in [4.69, 9.17) is 11.6 Å². The van der Waals surface area contributed by atoms with E-state index in [1.54, 1.807) is 42.6 Å². The quantitative estimate of drug-likeness (QED) is 0.379. The minimum Gasteiger partial charge on any atom is -0.481 e. The van der Waals surface area contributed by atoms with Gasteiger partial charge in [0.05, 0.1) is 30.2 Å². The molecule has 0 saturated carbocycles. The van der Waals surface area contributed by atoms with Crippen molar-refractivity contribution in [1.29, 1.82) is 0 Å². The van der Waals surface area contributed by atoms with Gasteiger partial charge in [0, 0.05) is 16.1 Å². The van der Waals surface area contributed by atoms with Gasteiger partial charge >= 0.3 is 17.3 Å². The smallest absolute Gasteiger partial charge is 0.355 e. The lowest BCUT2D eigenvalue weighted by molar-refractivity contribution is -0.142. The van der Waals surface area contributed by atoms with Gasteiger partial charge in [-0.2, -0.15) is 10.1 Å². The number of anilines is 2. The second-order valence-electron chi connectivity index (χ2n) is 7.75. The Balaban J connectivity index is 1.83. The summed E-state index contributed by atoms with van der Waals surface area (Å²) in [4.78, 5) is 41.8. The number of aromatic nitrogens is 5. The van der Waals surface area contributed by atoms with Crippen LogP contribution in [0.4, 0.5) is 11.6 Å². The van der Waals surface area contributed by atoms with Crippen LogP contribution < -0.4 is 16.7 Å². The van der Waals surface area contributed by atoms with E-state index in [1.165, 1.54) is 18.4 Å². The van der Waals surface area contributed by atoms with E-state index in [9.17, 15) is 19.5 Å². The molecule has 4 aromatic rings. The number of hydrogen-bond donors (Lipinski definition) is 3. The number of aromatic amines is 1. The van der Waals surface area contributed by atoms with Gasteiger partial charge in [-0.15, -0.1) is 0 Å². The molecule has 33 heavy (non-hydrogen) atoms. The third-order valence-corrected chi connectivity index (χ3v) is 5.82. The van der Waals surface area contributed by atoms with E-state index in [2.05, 4.69) is 20.5 Å². The molecule has 0 aliphatic carbocycles. The number of hydrogen-bond acceptors (Lipinski definition) is 6. The molecule has 2 heterocycles. The summed E-state index contributed by atoms with van der Waals surface area (Å²) in [5.74, 6) is -2.05. The fraction of sp³-hybridized carbons (Fsp3) is 0.227. The maximum atomic E-state index is 13.4. The lowest BCUT2D eigenvalue weighted by Crippen LogP contribution is -2.46. The normalized spacial score (nSPS) is 13.1. The van der Waals surface area contributed by atoms with Crippen molar-refractivity contribution in [2.45, 2.75) is 26.4 Å². The van der Waals surface area contributed by atoms with Crippen LogP contribution in [-0.4, -0.2) is 35.4 Å². The first-order valence-corrected chi connectivity index (χ1v) is 10.5. The molecule has 10 nitrogen and oxygen atoms in total. The fourth-order valence-electron chi connectivity index (χ4n) is 3.44. The number of benzene rings is 2. The largest absolute Gasteiger partial charge is 0.481 e. The number of carbonyl (C=O) groups is 1. The van der Waals surface area contributed by atoms with Crippen LogP contribution in [0, 0.1) is 5.92 Å². The Morgan fingerprint density at radius 1 is 1.18 bits per heavy atom. The van der Waals surface area contributed by atoms with Gasteiger partial charge in [-0.25, -0.2) is 14.2 Å². The number of fused-ring (bicyclic) bond motifs is 1. The summed E-state index contributed by atoms with van der Waals surface area (Å²) < 4.78 is 2.17. The van der Waals surface area contributed by atoms with Gasteiger partial charge < -0.3 is 10.4 Å². The SMILES string of the molecule is C[C@@H](C(=O)O)[C@H](C)n1c(=O)nc(Nc2ccc3cn[nH]c3c2)n(Cc2ccc(Cl)cc2)c1=O. The lowest BCUT2D eigenvalue weighted by Gasteiger charge is -2.21. The molecule has 0 aliphatic heterocycles. The Hall–Kier alpha value is -3.92. The summed E-state index contributed by atoms with van der Waals surface area (Å²) in [6.45, 7) is 3.04. The summed E-state index contributed by atoms with van der Waals surface area (Å²) in [6.07, 6.45) is 1.68. The molecule has 2 aromatic carbocycles. The molecule has 4 rings (SSSR count). The predicted molar refractivity (Wildman–Crippen MR) is 124 cm³/mol. The topological polar surface area (TPSA) is 135 Å². The van der Waals surface area contributed by atoms with Crippen molar-refractivity contribution >= 4 is 40.1 Å². The second kappa shape index (κ2) is 8.91. The number of H-pyrrole nitrogens is 1. The zero-order valence-corrected chi connectivity index (χ0v) is 18.6. The van der Waals surface area contributed by atoms with Crippen molar-refractivity contribution in [1.82, 2.24) is 24.3 Å². The summed E-state index contributed by atoms with van der Waals surface area (Å²) in [5, 5.41) is 20.7. The Bertz CT molecular complexity index is 1440. The number of nitrogens with one attached hydrogen (secondary N) is 2. The molecule has 3 N–H and O–H groups in total. The van der Waals surface area contributed by atoms with Crippen LogP contribution in [0.3, 0.4) is 0 Å². The molecule has 0 radical (unpaired) electrons. The van der Waals surface area contributed by atoms with Crippen LogP contribution in [0.25, 0.3) is 10.9 Å². The summed E-state index contributed by atoms with van der Waals surface area (Å²) in [5.41, 5.74) is 0.602. The van der Waals surface area contributed by atoms with Gasteiger partial charge in [0.25, 0.3) is 0 Å². The number of halogens is 1. The first-order valence-electron chi connectivity index (χ1n) is 10.2. The van der Waals surface area contributed by atoms with Crippen molar-refractivity contribution in [2.75, 3.05) is 5.32 Å². The lowest BCUT2D eigenvalue weighted by atomic mass is 10.0. The van der Waals surface area contributed by atoms with Crippen LogP contribution in [0.2, 0.25) is 5.02 Å². The van der Waals surface area contributed by atoms with Crippen LogP contribution in [-0.2, 0) is 11.3 Å². The average Bonchev–Trinajstić information content (AvgIpc) is 3.25. The first kappa shape index (κ1) is 22.3. The highest BCUT2D eigenvalue weighted by Gasteiger charge is 2.26. The molecule has 2 atom stereocenters. The van der Waals surface area contributed by atoms with Crippen LogP contribution in [0.1, 0.15) is 25.5 Å². The second-order valence-corrected chi connectivity index (χ2v) is 8.18. The molecule has 0 aliphatic rings. The number of nitrogens with zero attached hydrogens (tertiary/aromatic N) is 4. The van der Waals surface area contributed by atoms with E-state index in [1.807, 2.05) is 6.07 Å². The van der Waals surface area contributed by atoms with Gasteiger partial charge in [-0.3, -0.25) is 14.5 Å². The molecule has 0 spiro atoms. The molecule has 170 valence electrons. The Morgan fingerprint density at radius 2 is 1.91 bits per heavy atom. The molecule has 2 aromatic heterocycles. The van der Waals surface area contributed by atoms with E-state index >= 15 is 0 Å². The van der Waals surface area contributed by atoms with Crippen LogP contribution in [0.15, 0.2) is 58.3 Å². The first-order chi connectivity index (χ1) is 15.7. The fourth-order valence-corrected chi connectivity index (χ4v) is 3.57. The zero-order valence-electron chi connectivity index (χ0n) is 17.8.